The van der Waals surface area contributed by atoms with E-state index in [1.807, 2.05) is 6.07 Å². The number of aromatic amines is 1. The first-order valence-electron chi connectivity index (χ1n) is 12.3. The quantitative estimate of drug-likeness (QED) is 0.114. The topological polar surface area (TPSA) is 204 Å². The van der Waals surface area contributed by atoms with Crippen molar-refractivity contribution in [3.05, 3.63) is 85.7 Å². The van der Waals surface area contributed by atoms with Gasteiger partial charge in [0, 0.05) is 23.7 Å². The van der Waals surface area contributed by atoms with Crippen LogP contribution in [-0.2, 0) is 20.9 Å². The molecular weight excluding hydrogens is 568 g/mol. The summed E-state index contributed by atoms with van der Waals surface area (Å²) in [5.74, 6) is -0.0645. The number of hydrogen-bond acceptors (Lipinski definition) is 11. The fourth-order valence-electron chi connectivity index (χ4n) is 4.10. The minimum absolute atomic E-state index is 0.0484. The van der Waals surface area contributed by atoms with Crippen molar-refractivity contribution in [1.82, 2.24) is 14.8 Å². The van der Waals surface area contributed by atoms with Crippen LogP contribution in [0.25, 0.3) is 5.69 Å². The smallest absolute Gasteiger partial charge is 0.350 e. The fraction of sp³-hybridized carbons (Fsp3) is 0.222. The van der Waals surface area contributed by atoms with Crippen LogP contribution in [0, 0.1) is 5.41 Å². The molecular formula is C27H28N6O8S. The Morgan fingerprint density at radius 1 is 1.24 bits per heavy atom. The number of rotatable bonds is 8. The number of benzene rings is 2. The number of methoxy groups -OCH3 is 2. The predicted octanol–water partition coefficient (Wildman–Crippen LogP) is 2.86. The molecule has 0 aliphatic carbocycles. The van der Waals surface area contributed by atoms with Gasteiger partial charge in [-0.3, -0.25) is 15.2 Å². The van der Waals surface area contributed by atoms with E-state index in [-0.39, 0.29) is 23.3 Å². The lowest BCUT2D eigenvalue weighted by Crippen LogP contribution is -2.18. The molecule has 2 aromatic heterocycles. The fourth-order valence-corrected chi connectivity index (χ4v) is 4.88. The Bertz CT molecular complexity index is 1640. The van der Waals surface area contributed by atoms with Gasteiger partial charge in [-0.1, -0.05) is 0 Å². The van der Waals surface area contributed by atoms with Crippen LogP contribution in [0.4, 0.5) is 5.69 Å². The first-order chi connectivity index (χ1) is 20.1. The zero-order valence-electron chi connectivity index (χ0n) is 22.8. The third-order valence-electron chi connectivity index (χ3n) is 5.91. The van der Waals surface area contributed by atoms with Crippen LogP contribution in [0.3, 0.4) is 0 Å². The van der Waals surface area contributed by atoms with Crippen molar-refractivity contribution in [2.75, 3.05) is 26.3 Å². The summed E-state index contributed by atoms with van der Waals surface area (Å²) in [6, 6.07) is 11.6. The van der Waals surface area contributed by atoms with Gasteiger partial charge in [0.1, 0.15) is 16.8 Å². The maximum absolute atomic E-state index is 13.0. The summed E-state index contributed by atoms with van der Waals surface area (Å²) < 4.78 is 22.7. The van der Waals surface area contributed by atoms with Gasteiger partial charge in [-0.15, -0.1) is 16.4 Å². The number of anilines is 1. The van der Waals surface area contributed by atoms with E-state index < -0.39 is 23.7 Å². The normalized spacial score (nSPS) is 12.5. The number of nitrogens with two attached hydrogens (primary N) is 1. The van der Waals surface area contributed by atoms with E-state index in [9.17, 15) is 9.59 Å². The largest absolute Gasteiger partial charge is 0.493 e. The number of ether oxygens (including phenoxy) is 4. The molecule has 3 heterocycles. The van der Waals surface area contributed by atoms with E-state index in [1.54, 1.807) is 48.9 Å². The van der Waals surface area contributed by atoms with Gasteiger partial charge < -0.3 is 35.1 Å². The number of thiophene rings is 1. The average molecular weight is 597 g/mol. The maximum Gasteiger partial charge on any atom is 0.350 e. The number of aliphatic carboxylic acids is 1. The van der Waals surface area contributed by atoms with Crippen LogP contribution in [0.1, 0.15) is 45.2 Å². The molecule has 1 aliphatic heterocycles. The van der Waals surface area contributed by atoms with E-state index in [0.717, 1.165) is 28.5 Å². The lowest BCUT2D eigenvalue weighted by molar-refractivity contribution is -0.134. The predicted molar refractivity (Wildman–Crippen MR) is 153 cm³/mol. The molecule has 220 valence electrons. The third-order valence-corrected chi connectivity index (χ3v) is 6.79. The lowest BCUT2D eigenvalue weighted by atomic mass is 10.0. The molecule has 2 aromatic carbocycles. The van der Waals surface area contributed by atoms with E-state index in [4.69, 9.17) is 40.0 Å². The van der Waals surface area contributed by atoms with Gasteiger partial charge in [0.05, 0.1) is 26.5 Å². The molecule has 0 bridgehead atoms. The van der Waals surface area contributed by atoms with Gasteiger partial charge in [-0.05, 0) is 53.4 Å². The Morgan fingerprint density at radius 3 is 2.60 bits per heavy atom. The van der Waals surface area contributed by atoms with Crippen molar-refractivity contribution in [2.24, 2.45) is 5.73 Å². The molecule has 0 fully saturated rings. The minimum atomic E-state index is -0.833. The van der Waals surface area contributed by atoms with Crippen LogP contribution < -0.4 is 26.2 Å². The zero-order chi connectivity index (χ0) is 30.4. The summed E-state index contributed by atoms with van der Waals surface area (Å²) in [5, 5.41) is 24.7. The number of carboxylic acid groups (broad SMARTS) is 1. The van der Waals surface area contributed by atoms with Crippen molar-refractivity contribution in [3.63, 3.8) is 0 Å². The summed E-state index contributed by atoms with van der Waals surface area (Å²) in [6.07, 6.45) is 0. The van der Waals surface area contributed by atoms with E-state index in [0.29, 0.717) is 40.6 Å². The molecule has 15 heteroatoms. The lowest BCUT2D eigenvalue weighted by Gasteiger charge is -2.24. The molecule has 0 saturated heterocycles. The summed E-state index contributed by atoms with van der Waals surface area (Å²) in [6.45, 7) is 1.52. The summed E-state index contributed by atoms with van der Waals surface area (Å²) in [5.41, 5.74) is 8.12. The molecule has 4 aromatic rings. The summed E-state index contributed by atoms with van der Waals surface area (Å²) >= 11 is 1.15. The number of fused-ring (bicyclic) bond motifs is 1. The SMILES string of the molecule is CC(=O)O.COC(=O)c1sccc1-n1nc([C@@H](Nc2ccc(C(=N)N)cc2)c2cc3c(c(OC)c2)OCOC3)[nH]c1=O. The highest BCUT2D eigenvalue weighted by Crippen LogP contribution is 2.38. The van der Waals surface area contributed by atoms with Crippen molar-refractivity contribution < 1.29 is 33.6 Å². The van der Waals surface area contributed by atoms with Crippen LogP contribution in [0.5, 0.6) is 11.5 Å². The number of nitrogens with zero attached hydrogens (tertiary/aromatic N) is 2. The highest BCUT2D eigenvalue weighted by Gasteiger charge is 2.26. The van der Waals surface area contributed by atoms with Gasteiger partial charge in [0.15, 0.2) is 24.1 Å². The molecule has 0 saturated carbocycles. The number of carboxylic acids is 1. The molecule has 0 radical (unpaired) electrons. The number of nitrogen functional groups attached to an aromatic ring is 1. The van der Waals surface area contributed by atoms with Crippen molar-refractivity contribution in [2.45, 2.75) is 19.6 Å². The number of nitrogens with one attached hydrogen (secondary N) is 3. The van der Waals surface area contributed by atoms with Crippen LogP contribution in [0.2, 0.25) is 0 Å². The van der Waals surface area contributed by atoms with Crippen LogP contribution in [-0.4, -0.2) is 58.7 Å². The van der Waals surface area contributed by atoms with Gasteiger partial charge >= 0.3 is 11.7 Å². The first kappa shape index (κ1) is 29.8. The molecule has 0 unspecified atom stereocenters. The van der Waals surface area contributed by atoms with E-state index in [1.165, 1.54) is 7.11 Å². The van der Waals surface area contributed by atoms with Gasteiger partial charge in [0.25, 0.3) is 5.97 Å². The van der Waals surface area contributed by atoms with Crippen molar-refractivity contribution >= 4 is 34.8 Å². The third kappa shape index (κ3) is 6.59. The molecule has 6 N–H and O–H groups in total. The highest BCUT2D eigenvalue weighted by atomic mass is 32.1. The molecule has 14 nitrogen and oxygen atoms in total. The standard InChI is InChI=1S/C25H24N6O6S.C2H4O2/c1-34-18-10-14(9-15-11-36-12-37-20(15)18)19(28-16-5-3-13(4-6-16)22(26)27)23-29-25(33)31(30-23)17-7-8-38-21(17)24(32)35-2;1-2(3)4/h3-10,19,28H,11-12H2,1-2H3,(H3,26,27)(H,29,30,33);1H3,(H,3,4)/t19-;/m0./s1. The number of amidine groups is 1. The van der Waals surface area contributed by atoms with Gasteiger partial charge in [-0.2, -0.15) is 4.68 Å². The number of carbonyl (C=O) groups is 2. The number of H-pyrrole nitrogens is 1. The van der Waals surface area contributed by atoms with Crippen molar-refractivity contribution in [1.29, 1.82) is 5.41 Å². The second-order valence-electron chi connectivity index (χ2n) is 8.76. The first-order valence-corrected chi connectivity index (χ1v) is 13.2. The highest BCUT2D eigenvalue weighted by molar-refractivity contribution is 7.12. The van der Waals surface area contributed by atoms with E-state index in [2.05, 4.69) is 15.4 Å². The monoisotopic (exact) mass is 596 g/mol. The Morgan fingerprint density at radius 2 is 1.95 bits per heavy atom. The number of aromatic nitrogens is 3. The second-order valence-corrected chi connectivity index (χ2v) is 9.68. The Labute approximate surface area is 243 Å². The summed E-state index contributed by atoms with van der Waals surface area (Å²) in [7, 11) is 2.82. The Balaban J connectivity index is 0.000000952. The number of hydrogen-bond donors (Lipinski definition) is 5. The maximum atomic E-state index is 13.0. The average Bonchev–Trinajstić information content (AvgIpc) is 3.61. The Hall–Kier alpha value is -5.15. The van der Waals surface area contributed by atoms with Crippen LogP contribution >= 0.6 is 11.3 Å². The van der Waals surface area contributed by atoms with E-state index >= 15 is 0 Å². The second kappa shape index (κ2) is 13.0. The summed E-state index contributed by atoms with van der Waals surface area (Å²) in [4.78, 5) is 37.3. The zero-order valence-corrected chi connectivity index (χ0v) is 23.6. The Kier molecular flexibility index (Phi) is 9.24. The van der Waals surface area contributed by atoms with Crippen LogP contribution in [0.15, 0.2) is 52.6 Å². The molecule has 5 rings (SSSR count). The molecule has 42 heavy (non-hydrogen) atoms. The molecule has 0 amide bonds. The molecule has 1 atom stereocenters. The van der Waals surface area contributed by atoms with Crippen molar-refractivity contribution in [3.8, 4) is 17.2 Å². The number of esters is 1. The van der Waals surface area contributed by atoms with Gasteiger partial charge in [-0.25, -0.2) is 9.59 Å². The molecule has 0 spiro atoms. The van der Waals surface area contributed by atoms with Gasteiger partial charge in [0.2, 0.25) is 0 Å². The number of carbonyl (C=O) groups excluding carboxylic acids is 1. The minimum Gasteiger partial charge on any atom is -0.493 e. The molecule has 1 aliphatic rings.